The largest absolute Gasteiger partial charge is 0.491 e. The topological polar surface area (TPSA) is 61.8 Å². The quantitative estimate of drug-likeness (QED) is 0.0869. The van der Waals surface area contributed by atoms with Gasteiger partial charge < -0.3 is 14.2 Å². The number of ether oxygens (including phenoxy) is 3. The minimum absolute atomic E-state index is 0.134. The Morgan fingerprint density at radius 1 is 0.676 bits per heavy atom. The van der Waals surface area contributed by atoms with Crippen LogP contribution >= 0.6 is 0 Å². The summed E-state index contributed by atoms with van der Waals surface area (Å²) < 4.78 is 16.2. The Morgan fingerprint density at radius 2 is 1.18 bits per heavy atom. The highest BCUT2D eigenvalue weighted by molar-refractivity contribution is 5.74. The van der Waals surface area contributed by atoms with Crippen LogP contribution in [0.3, 0.4) is 0 Å². The fourth-order valence-electron chi connectivity index (χ4n) is 3.89. The van der Waals surface area contributed by atoms with Gasteiger partial charge in [0.1, 0.15) is 25.2 Å². The molecule has 0 aliphatic carbocycles. The summed E-state index contributed by atoms with van der Waals surface area (Å²) in [4.78, 5) is 22.4. The first-order valence-corrected chi connectivity index (χ1v) is 13.7. The van der Waals surface area contributed by atoms with E-state index < -0.39 is 0 Å². The van der Waals surface area contributed by atoms with Crippen molar-refractivity contribution in [2.75, 3.05) is 26.4 Å². The first-order valence-electron chi connectivity index (χ1n) is 13.7. The van der Waals surface area contributed by atoms with Gasteiger partial charge >= 0.3 is 5.97 Å². The van der Waals surface area contributed by atoms with Crippen LogP contribution in [0.2, 0.25) is 0 Å². The summed E-state index contributed by atoms with van der Waals surface area (Å²) in [5, 5.41) is 0. The Balaban J connectivity index is 1.77. The normalized spacial score (nSPS) is 10.9. The third-order valence-electron chi connectivity index (χ3n) is 5.99. The summed E-state index contributed by atoms with van der Waals surface area (Å²) in [6.45, 7) is 3.76. The molecule has 0 radical (unpaired) electrons. The van der Waals surface area contributed by atoms with Gasteiger partial charge in [0.15, 0.2) is 0 Å². The number of esters is 1. The number of carbonyl (C=O) groups is 2. The van der Waals surface area contributed by atoms with Crippen molar-refractivity contribution in [3.8, 4) is 5.75 Å². The van der Waals surface area contributed by atoms with Crippen molar-refractivity contribution in [3.05, 3.63) is 29.8 Å². The minimum Gasteiger partial charge on any atom is -0.491 e. The van der Waals surface area contributed by atoms with Gasteiger partial charge in [0.25, 0.3) is 0 Å². The second-order valence-corrected chi connectivity index (χ2v) is 9.07. The van der Waals surface area contributed by atoms with E-state index in [-0.39, 0.29) is 12.6 Å². The molecule has 0 atom stereocenters. The molecule has 0 bridgehead atoms. The van der Waals surface area contributed by atoms with Crippen molar-refractivity contribution >= 4 is 12.3 Å². The Morgan fingerprint density at radius 3 is 1.71 bits per heavy atom. The van der Waals surface area contributed by atoms with Crippen LogP contribution in [0.4, 0.5) is 0 Å². The lowest BCUT2D eigenvalue weighted by Gasteiger charge is -2.08. The van der Waals surface area contributed by atoms with Gasteiger partial charge in [-0.1, -0.05) is 96.8 Å². The smallest absolute Gasteiger partial charge is 0.305 e. The highest BCUT2D eigenvalue weighted by Crippen LogP contribution is 2.14. The molecule has 0 aliphatic rings. The van der Waals surface area contributed by atoms with Crippen LogP contribution in [-0.4, -0.2) is 38.7 Å². The molecule has 194 valence electrons. The van der Waals surface area contributed by atoms with Gasteiger partial charge in [-0.2, -0.15) is 0 Å². The maximum atomic E-state index is 11.8. The lowest BCUT2D eigenvalue weighted by molar-refractivity contribution is -0.145. The van der Waals surface area contributed by atoms with Gasteiger partial charge in [-0.25, -0.2) is 0 Å². The van der Waals surface area contributed by atoms with Crippen LogP contribution in [0.5, 0.6) is 5.75 Å². The van der Waals surface area contributed by atoms with Crippen LogP contribution in [0.25, 0.3) is 0 Å². The molecule has 0 aromatic heterocycles. The second-order valence-electron chi connectivity index (χ2n) is 9.07. The zero-order chi connectivity index (χ0) is 24.5. The lowest BCUT2D eigenvalue weighted by atomic mass is 10.0. The number of hydrogen-bond donors (Lipinski definition) is 0. The number of benzene rings is 1. The molecule has 0 heterocycles. The predicted octanol–water partition coefficient (Wildman–Crippen LogP) is 7.70. The molecule has 5 nitrogen and oxygen atoms in total. The van der Waals surface area contributed by atoms with Gasteiger partial charge in [-0.15, -0.1) is 0 Å². The third-order valence-corrected chi connectivity index (χ3v) is 5.99. The van der Waals surface area contributed by atoms with Gasteiger partial charge in [-0.05, 0) is 30.7 Å². The summed E-state index contributed by atoms with van der Waals surface area (Å²) in [5.74, 6) is 0.564. The van der Waals surface area contributed by atoms with E-state index in [1.165, 1.54) is 83.5 Å². The highest BCUT2D eigenvalue weighted by atomic mass is 16.6. The predicted molar refractivity (Wildman–Crippen MR) is 139 cm³/mol. The van der Waals surface area contributed by atoms with Crippen molar-refractivity contribution in [1.29, 1.82) is 0 Å². The molecule has 0 fully saturated rings. The second kappa shape index (κ2) is 22.9. The minimum atomic E-state index is -0.134. The van der Waals surface area contributed by atoms with E-state index in [1.807, 2.05) is 0 Å². The Kier molecular flexibility index (Phi) is 20.3. The van der Waals surface area contributed by atoms with Crippen molar-refractivity contribution < 1.29 is 23.8 Å². The molecule has 1 aromatic carbocycles. The Bertz CT molecular complexity index is 599. The highest BCUT2D eigenvalue weighted by Gasteiger charge is 2.03. The molecule has 0 spiro atoms. The maximum Gasteiger partial charge on any atom is 0.305 e. The molecule has 1 rings (SSSR count). The first-order chi connectivity index (χ1) is 16.8. The van der Waals surface area contributed by atoms with E-state index >= 15 is 0 Å². The van der Waals surface area contributed by atoms with E-state index in [2.05, 4.69) is 6.92 Å². The molecule has 0 N–H and O–H groups in total. The van der Waals surface area contributed by atoms with Crippen molar-refractivity contribution in [2.45, 2.75) is 110 Å². The molecule has 0 unspecified atom stereocenters. The van der Waals surface area contributed by atoms with Gasteiger partial charge in [0, 0.05) is 12.0 Å². The zero-order valence-corrected chi connectivity index (χ0v) is 21.6. The number of unbranched alkanes of at least 4 members (excludes halogenated alkanes) is 14. The average molecular weight is 477 g/mol. The molecular formula is C29H48O5. The molecule has 0 saturated carbocycles. The van der Waals surface area contributed by atoms with Crippen LogP contribution in [0, 0.1) is 0 Å². The maximum absolute atomic E-state index is 11.8. The van der Waals surface area contributed by atoms with Crippen molar-refractivity contribution in [1.82, 2.24) is 0 Å². The van der Waals surface area contributed by atoms with Crippen molar-refractivity contribution in [3.63, 3.8) is 0 Å². The van der Waals surface area contributed by atoms with Crippen LogP contribution in [0.15, 0.2) is 24.3 Å². The third kappa shape index (κ3) is 18.5. The lowest BCUT2D eigenvalue weighted by Crippen LogP contribution is -2.13. The number of rotatable bonds is 24. The Labute approximate surface area is 207 Å². The molecule has 0 aliphatic heterocycles. The van der Waals surface area contributed by atoms with Crippen molar-refractivity contribution in [2.24, 2.45) is 0 Å². The fraction of sp³-hybridized carbons (Fsp3) is 0.724. The molecule has 34 heavy (non-hydrogen) atoms. The van der Waals surface area contributed by atoms with E-state index in [9.17, 15) is 9.59 Å². The molecule has 0 saturated heterocycles. The summed E-state index contributed by atoms with van der Waals surface area (Å²) in [6.07, 6.45) is 21.1. The summed E-state index contributed by atoms with van der Waals surface area (Å²) in [6, 6.07) is 6.93. The van der Waals surface area contributed by atoms with Gasteiger partial charge in [0.2, 0.25) is 0 Å². The standard InChI is InChI=1S/C29H48O5/c1-2-3-4-5-6-7-8-9-10-11-12-13-14-15-16-17-29(31)34-25-23-32-22-24-33-28-20-18-27(26-30)19-21-28/h18-21,26H,2-17,22-25H2,1H3. The molecular weight excluding hydrogens is 428 g/mol. The van der Waals surface area contributed by atoms with Gasteiger partial charge in [-0.3, -0.25) is 9.59 Å². The summed E-state index contributed by atoms with van der Waals surface area (Å²) in [5.41, 5.74) is 0.620. The molecule has 5 heteroatoms. The number of aldehydes is 1. The molecule has 0 amide bonds. The van der Waals surface area contributed by atoms with Crippen LogP contribution in [0.1, 0.15) is 120 Å². The average Bonchev–Trinajstić information content (AvgIpc) is 2.86. The van der Waals surface area contributed by atoms with E-state index in [1.54, 1.807) is 24.3 Å². The van der Waals surface area contributed by atoms with Gasteiger partial charge in [0.05, 0.1) is 13.2 Å². The fourth-order valence-corrected chi connectivity index (χ4v) is 3.89. The number of hydrogen-bond acceptors (Lipinski definition) is 5. The monoisotopic (exact) mass is 476 g/mol. The SMILES string of the molecule is CCCCCCCCCCCCCCCCCC(=O)OCCOCCOc1ccc(C=O)cc1. The summed E-state index contributed by atoms with van der Waals surface area (Å²) in [7, 11) is 0. The summed E-state index contributed by atoms with van der Waals surface area (Å²) >= 11 is 0. The van der Waals surface area contributed by atoms with Crippen LogP contribution in [-0.2, 0) is 14.3 Å². The zero-order valence-electron chi connectivity index (χ0n) is 21.6. The number of carbonyl (C=O) groups excluding carboxylic acids is 2. The van der Waals surface area contributed by atoms with E-state index in [0.29, 0.717) is 37.6 Å². The molecule has 1 aromatic rings. The van der Waals surface area contributed by atoms with E-state index in [4.69, 9.17) is 14.2 Å². The van der Waals surface area contributed by atoms with E-state index in [0.717, 1.165) is 19.1 Å². The van der Waals surface area contributed by atoms with Crippen LogP contribution < -0.4 is 4.74 Å². The Hall–Kier alpha value is -1.88. The first kappa shape index (κ1) is 30.2.